The molecule has 2 nitrogen and oxygen atoms in total. The fourth-order valence-electron chi connectivity index (χ4n) is 0.737. The topological polar surface area (TPSA) is 29.5 Å². The van der Waals surface area contributed by atoms with E-state index in [4.69, 9.17) is 21.4 Å². The first kappa shape index (κ1) is 6.33. The SMILES string of the molecule is OC1CC(Cl)CCO1. The summed E-state index contributed by atoms with van der Waals surface area (Å²) in [6, 6.07) is 0. The van der Waals surface area contributed by atoms with Gasteiger partial charge in [0.1, 0.15) is 0 Å². The molecule has 1 N–H and O–H groups in total. The van der Waals surface area contributed by atoms with Gasteiger partial charge in [0.05, 0.1) is 6.61 Å². The summed E-state index contributed by atoms with van der Waals surface area (Å²) in [7, 11) is 0. The molecule has 1 fully saturated rings. The molecule has 1 rings (SSSR count). The largest absolute Gasteiger partial charge is 0.368 e. The number of aliphatic hydroxyl groups is 1. The van der Waals surface area contributed by atoms with E-state index in [1.165, 1.54) is 0 Å². The van der Waals surface area contributed by atoms with Crippen LogP contribution in [0.25, 0.3) is 0 Å². The summed E-state index contributed by atoms with van der Waals surface area (Å²) in [4.78, 5) is 0. The number of rotatable bonds is 0. The van der Waals surface area contributed by atoms with E-state index in [0.29, 0.717) is 13.0 Å². The zero-order valence-corrected chi connectivity index (χ0v) is 5.27. The van der Waals surface area contributed by atoms with Gasteiger partial charge in [0.15, 0.2) is 6.29 Å². The van der Waals surface area contributed by atoms with Crippen LogP contribution >= 0.6 is 11.6 Å². The second-order valence-electron chi connectivity index (χ2n) is 1.95. The Bertz CT molecular complexity index is 68.8. The molecule has 0 spiro atoms. The Morgan fingerprint density at radius 2 is 2.38 bits per heavy atom. The first-order valence-electron chi connectivity index (χ1n) is 2.73. The predicted octanol–water partition coefficient (Wildman–Crippen LogP) is 0.723. The zero-order valence-electron chi connectivity index (χ0n) is 4.51. The molecule has 2 unspecified atom stereocenters. The molecule has 0 aromatic rings. The Labute approximate surface area is 53.4 Å². The molecular formula is C5H9ClO2. The van der Waals surface area contributed by atoms with Gasteiger partial charge in [-0.05, 0) is 6.42 Å². The van der Waals surface area contributed by atoms with Crippen molar-refractivity contribution >= 4 is 11.6 Å². The van der Waals surface area contributed by atoms with Gasteiger partial charge in [-0.15, -0.1) is 11.6 Å². The lowest BCUT2D eigenvalue weighted by Gasteiger charge is -2.21. The van der Waals surface area contributed by atoms with Crippen molar-refractivity contribution in [2.45, 2.75) is 24.5 Å². The van der Waals surface area contributed by atoms with Gasteiger partial charge in [-0.2, -0.15) is 0 Å². The van der Waals surface area contributed by atoms with Gasteiger partial charge >= 0.3 is 0 Å². The maximum atomic E-state index is 8.77. The van der Waals surface area contributed by atoms with Crippen LogP contribution in [0.1, 0.15) is 12.8 Å². The van der Waals surface area contributed by atoms with E-state index in [9.17, 15) is 0 Å². The fraction of sp³-hybridized carbons (Fsp3) is 1.00. The van der Waals surface area contributed by atoms with Crippen LogP contribution in [0, 0.1) is 0 Å². The lowest BCUT2D eigenvalue weighted by atomic mass is 10.2. The molecule has 3 heteroatoms. The number of aliphatic hydroxyl groups excluding tert-OH is 1. The van der Waals surface area contributed by atoms with Gasteiger partial charge in [-0.25, -0.2) is 0 Å². The second-order valence-corrected chi connectivity index (χ2v) is 2.56. The fourth-order valence-corrected chi connectivity index (χ4v) is 0.978. The molecule has 1 aliphatic heterocycles. The normalized spacial score (nSPS) is 39.8. The summed E-state index contributed by atoms with van der Waals surface area (Å²) in [5, 5.41) is 8.88. The van der Waals surface area contributed by atoms with Gasteiger partial charge in [-0.3, -0.25) is 0 Å². The highest BCUT2D eigenvalue weighted by atomic mass is 35.5. The molecule has 2 atom stereocenters. The Morgan fingerprint density at radius 1 is 1.62 bits per heavy atom. The van der Waals surface area contributed by atoms with Crippen LogP contribution in [0.15, 0.2) is 0 Å². The smallest absolute Gasteiger partial charge is 0.155 e. The molecule has 0 radical (unpaired) electrons. The van der Waals surface area contributed by atoms with Crippen molar-refractivity contribution < 1.29 is 9.84 Å². The molecule has 0 saturated carbocycles. The minimum absolute atomic E-state index is 0.110. The van der Waals surface area contributed by atoms with Crippen LogP contribution in [0.2, 0.25) is 0 Å². The number of hydrogen-bond acceptors (Lipinski definition) is 2. The highest BCUT2D eigenvalue weighted by Gasteiger charge is 2.17. The Kier molecular flexibility index (Phi) is 2.11. The Balaban J connectivity index is 2.23. The quantitative estimate of drug-likeness (QED) is 0.498. The number of halogens is 1. The molecule has 0 aromatic heterocycles. The third-order valence-electron chi connectivity index (χ3n) is 1.20. The maximum Gasteiger partial charge on any atom is 0.155 e. The van der Waals surface area contributed by atoms with E-state index >= 15 is 0 Å². The monoisotopic (exact) mass is 136 g/mol. The van der Waals surface area contributed by atoms with Gasteiger partial charge in [0.25, 0.3) is 0 Å². The molecule has 0 aromatic carbocycles. The average Bonchev–Trinajstić information content (AvgIpc) is 1.64. The lowest BCUT2D eigenvalue weighted by molar-refractivity contribution is -0.121. The molecule has 0 aliphatic carbocycles. The minimum Gasteiger partial charge on any atom is -0.368 e. The highest BCUT2D eigenvalue weighted by Crippen LogP contribution is 2.16. The first-order chi connectivity index (χ1) is 3.79. The Morgan fingerprint density at radius 3 is 2.75 bits per heavy atom. The van der Waals surface area contributed by atoms with Gasteiger partial charge in [0.2, 0.25) is 0 Å². The van der Waals surface area contributed by atoms with Crippen molar-refractivity contribution in [1.82, 2.24) is 0 Å². The number of alkyl halides is 1. The Hall–Kier alpha value is 0.210. The van der Waals surface area contributed by atoms with E-state index in [1.54, 1.807) is 0 Å². The van der Waals surface area contributed by atoms with Crippen LogP contribution in [-0.2, 0) is 4.74 Å². The van der Waals surface area contributed by atoms with Gasteiger partial charge in [0, 0.05) is 11.8 Å². The van der Waals surface area contributed by atoms with Crippen LogP contribution in [0.3, 0.4) is 0 Å². The third kappa shape index (κ3) is 1.62. The summed E-state index contributed by atoms with van der Waals surface area (Å²) in [5.74, 6) is 0. The number of ether oxygens (including phenoxy) is 1. The molecule has 48 valence electrons. The van der Waals surface area contributed by atoms with Gasteiger partial charge in [-0.1, -0.05) is 0 Å². The van der Waals surface area contributed by atoms with Crippen LogP contribution in [-0.4, -0.2) is 23.4 Å². The molecular weight excluding hydrogens is 128 g/mol. The predicted molar refractivity (Wildman–Crippen MR) is 30.8 cm³/mol. The van der Waals surface area contributed by atoms with Crippen LogP contribution in [0.4, 0.5) is 0 Å². The zero-order chi connectivity index (χ0) is 5.98. The maximum absolute atomic E-state index is 8.77. The summed E-state index contributed by atoms with van der Waals surface area (Å²) in [6.07, 6.45) is 0.812. The average molecular weight is 137 g/mol. The molecule has 0 amide bonds. The highest BCUT2D eigenvalue weighted by molar-refractivity contribution is 6.20. The summed E-state index contributed by atoms with van der Waals surface area (Å²) in [5.41, 5.74) is 0. The molecule has 1 aliphatic rings. The van der Waals surface area contributed by atoms with E-state index < -0.39 is 6.29 Å². The lowest BCUT2D eigenvalue weighted by Crippen LogP contribution is -2.25. The second kappa shape index (κ2) is 2.67. The first-order valence-corrected chi connectivity index (χ1v) is 3.16. The van der Waals surface area contributed by atoms with Crippen molar-refractivity contribution in [2.75, 3.05) is 6.61 Å². The van der Waals surface area contributed by atoms with Crippen LogP contribution in [0.5, 0.6) is 0 Å². The molecule has 1 heterocycles. The molecule has 1 saturated heterocycles. The van der Waals surface area contributed by atoms with Crippen molar-refractivity contribution in [3.63, 3.8) is 0 Å². The van der Waals surface area contributed by atoms with Crippen molar-refractivity contribution in [3.8, 4) is 0 Å². The number of hydrogen-bond donors (Lipinski definition) is 1. The van der Waals surface area contributed by atoms with Crippen LogP contribution < -0.4 is 0 Å². The summed E-state index contributed by atoms with van der Waals surface area (Å²) in [6.45, 7) is 0.593. The van der Waals surface area contributed by atoms with Crippen molar-refractivity contribution in [1.29, 1.82) is 0 Å². The van der Waals surface area contributed by atoms with Crippen molar-refractivity contribution in [2.24, 2.45) is 0 Å². The van der Waals surface area contributed by atoms with Gasteiger partial charge < -0.3 is 9.84 Å². The summed E-state index contributed by atoms with van der Waals surface area (Å²) >= 11 is 5.67. The molecule has 0 bridgehead atoms. The molecule has 8 heavy (non-hydrogen) atoms. The van der Waals surface area contributed by atoms with E-state index in [-0.39, 0.29) is 5.38 Å². The minimum atomic E-state index is -0.619. The third-order valence-corrected chi connectivity index (χ3v) is 1.60. The van der Waals surface area contributed by atoms with E-state index in [2.05, 4.69) is 0 Å². The summed E-state index contributed by atoms with van der Waals surface area (Å²) < 4.78 is 4.82. The van der Waals surface area contributed by atoms with Crippen molar-refractivity contribution in [3.05, 3.63) is 0 Å². The standard InChI is InChI=1S/C5H9ClO2/c6-4-1-2-8-5(7)3-4/h4-5,7H,1-3H2. The van der Waals surface area contributed by atoms with E-state index in [1.807, 2.05) is 0 Å². The van der Waals surface area contributed by atoms with E-state index in [0.717, 1.165) is 6.42 Å².